The third-order valence-electron chi connectivity index (χ3n) is 3.73. The lowest BCUT2D eigenvalue weighted by molar-refractivity contribution is 0.506. The maximum absolute atomic E-state index is 5.36. The lowest BCUT2D eigenvalue weighted by Gasteiger charge is -2.11. The van der Waals surface area contributed by atoms with Crippen molar-refractivity contribution in [1.29, 1.82) is 0 Å². The minimum absolute atomic E-state index is 0.806. The molecule has 0 unspecified atom stereocenters. The number of guanidine groups is 1. The van der Waals surface area contributed by atoms with Gasteiger partial charge in [0, 0.05) is 37.4 Å². The molecule has 0 atom stereocenters. The van der Waals surface area contributed by atoms with Crippen LogP contribution in [0.1, 0.15) is 41.1 Å². The summed E-state index contributed by atoms with van der Waals surface area (Å²) in [6.45, 7) is 8.86. The minimum atomic E-state index is 0.806. The number of hydrogen-bond acceptors (Lipinski definition) is 4. The Hall–Kier alpha value is -1.82. The van der Waals surface area contributed by atoms with Crippen molar-refractivity contribution in [1.82, 2.24) is 15.6 Å². The van der Waals surface area contributed by atoms with Crippen molar-refractivity contribution in [2.24, 2.45) is 4.99 Å². The molecule has 132 valence electrons. The largest absolute Gasteiger partial charge is 0.469 e. The van der Waals surface area contributed by atoms with Gasteiger partial charge in [-0.15, -0.1) is 11.3 Å². The second-order valence-corrected chi connectivity index (χ2v) is 7.05. The molecule has 6 heteroatoms. The van der Waals surface area contributed by atoms with Gasteiger partial charge in [-0.05, 0) is 32.4 Å². The Morgan fingerprint density at radius 1 is 1.25 bits per heavy atom. The van der Waals surface area contributed by atoms with Gasteiger partial charge < -0.3 is 15.1 Å². The molecular formula is C18H28N4OS. The standard InChI is InChI=1S/C18H28N4OS/c1-4-5-10-19-18(20-11-8-16-7-6-13-23-16)21-12-9-17-22-14(2)15(3)24-17/h6-7,13H,4-5,8-12H2,1-3H3,(H2,19,20,21). The maximum Gasteiger partial charge on any atom is 0.191 e. The fraction of sp³-hybridized carbons (Fsp3) is 0.556. The molecule has 0 saturated heterocycles. The van der Waals surface area contributed by atoms with E-state index in [0.717, 1.165) is 62.7 Å². The highest BCUT2D eigenvalue weighted by Crippen LogP contribution is 2.16. The zero-order valence-corrected chi connectivity index (χ0v) is 15.7. The number of aliphatic imine (C=N–C) groups is 1. The summed E-state index contributed by atoms with van der Waals surface area (Å²) in [5.74, 6) is 1.86. The summed E-state index contributed by atoms with van der Waals surface area (Å²) in [7, 11) is 0. The summed E-state index contributed by atoms with van der Waals surface area (Å²) in [5.41, 5.74) is 1.14. The molecule has 0 fully saturated rings. The van der Waals surface area contributed by atoms with Gasteiger partial charge in [-0.2, -0.15) is 0 Å². The van der Waals surface area contributed by atoms with E-state index in [4.69, 9.17) is 4.42 Å². The molecule has 0 aliphatic heterocycles. The van der Waals surface area contributed by atoms with Crippen molar-refractivity contribution in [3.63, 3.8) is 0 Å². The molecule has 0 spiro atoms. The SMILES string of the molecule is CCCCN=C(NCCc1ccco1)NCCc1nc(C)c(C)s1. The molecule has 0 saturated carbocycles. The van der Waals surface area contributed by atoms with Gasteiger partial charge in [-0.1, -0.05) is 13.3 Å². The predicted octanol–water partition coefficient (Wildman–Crippen LogP) is 3.47. The Labute approximate surface area is 148 Å². The molecular weight excluding hydrogens is 320 g/mol. The number of nitrogens with one attached hydrogen (secondary N) is 2. The molecule has 2 aromatic rings. The highest BCUT2D eigenvalue weighted by molar-refractivity contribution is 7.11. The van der Waals surface area contributed by atoms with Gasteiger partial charge >= 0.3 is 0 Å². The molecule has 0 bridgehead atoms. The zero-order chi connectivity index (χ0) is 17.2. The van der Waals surface area contributed by atoms with E-state index in [1.54, 1.807) is 17.6 Å². The number of aryl methyl sites for hydroxylation is 2. The monoisotopic (exact) mass is 348 g/mol. The van der Waals surface area contributed by atoms with E-state index < -0.39 is 0 Å². The first-order valence-electron chi connectivity index (χ1n) is 8.66. The third kappa shape index (κ3) is 6.35. The average Bonchev–Trinajstić information content (AvgIpc) is 3.18. The van der Waals surface area contributed by atoms with E-state index in [2.05, 4.69) is 41.4 Å². The Morgan fingerprint density at radius 3 is 2.67 bits per heavy atom. The van der Waals surface area contributed by atoms with Crippen LogP contribution in [0.2, 0.25) is 0 Å². The van der Waals surface area contributed by atoms with Crippen molar-refractivity contribution in [3.8, 4) is 0 Å². The number of aromatic nitrogens is 1. The van der Waals surface area contributed by atoms with E-state index in [0.29, 0.717) is 0 Å². The van der Waals surface area contributed by atoms with Crippen molar-refractivity contribution in [2.45, 2.75) is 46.5 Å². The molecule has 2 heterocycles. The number of nitrogens with zero attached hydrogens (tertiary/aromatic N) is 2. The molecule has 2 rings (SSSR count). The minimum Gasteiger partial charge on any atom is -0.469 e. The van der Waals surface area contributed by atoms with Crippen LogP contribution >= 0.6 is 11.3 Å². The Kier molecular flexibility index (Phi) is 7.82. The normalized spacial score (nSPS) is 11.7. The highest BCUT2D eigenvalue weighted by Gasteiger charge is 2.04. The van der Waals surface area contributed by atoms with Crippen LogP contribution in [0.5, 0.6) is 0 Å². The molecule has 5 nitrogen and oxygen atoms in total. The summed E-state index contributed by atoms with van der Waals surface area (Å²) in [6, 6.07) is 3.91. The summed E-state index contributed by atoms with van der Waals surface area (Å²) >= 11 is 1.78. The topological polar surface area (TPSA) is 62.5 Å². The second kappa shape index (κ2) is 10.1. The lowest BCUT2D eigenvalue weighted by Crippen LogP contribution is -2.39. The van der Waals surface area contributed by atoms with E-state index in [1.165, 1.54) is 9.88 Å². The Bertz CT molecular complexity index is 600. The van der Waals surface area contributed by atoms with Gasteiger partial charge in [-0.3, -0.25) is 4.99 Å². The van der Waals surface area contributed by atoms with Gasteiger partial charge in [0.05, 0.1) is 17.0 Å². The van der Waals surface area contributed by atoms with Crippen LogP contribution in [0.25, 0.3) is 0 Å². The van der Waals surface area contributed by atoms with Gasteiger partial charge in [-0.25, -0.2) is 4.98 Å². The average molecular weight is 349 g/mol. The Morgan fingerprint density at radius 2 is 2.04 bits per heavy atom. The van der Waals surface area contributed by atoms with Gasteiger partial charge in [0.2, 0.25) is 0 Å². The van der Waals surface area contributed by atoms with Gasteiger partial charge in [0.25, 0.3) is 0 Å². The number of thiazole rings is 1. The van der Waals surface area contributed by atoms with Crippen LogP contribution in [-0.4, -0.2) is 30.6 Å². The summed E-state index contributed by atoms with van der Waals surface area (Å²) in [6.07, 6.45) is 5.75. The first-order valence-corrected chi connectivity index (χ1v) is 9.48. The fourth-order valence-corrected chi connectivity index (χ4v) is 3.15. The van der Waals surface area contributed by atoms with Crippen molar-refractivity contribution in [3.05, 3.63) is 39.7 Å². The van der Waals surface area contributed by atoms with Crippen LogP contribution in [-0.2, 0) is 12.8 Å². The summed E-state index contributed by atoms with van der Waals surface area (Å²) < 4.78 is 5.36. The maximum atomic E-state index is 5.36. The van der Waals surface area contributed by atoms with E-state index >= 15 is 0 Å². The molecule has 0 amide bonds. The van der Waals surface area contributed by atoms with Crippen molar-refractivity contribution < 1.29 is 4.42 Å². The third-order valence-corrected chi connectivity index (χ3v) is 4.86. The van der Waals surface area contributed by atoms with Gasteiger partial charge in [0.1, 0.15) is 5.76 Å². The second-order valence-electron chi connectivity index (χ2n) is 5.77. The number of rotatable bonds is 9. The van der Waals surface area contributed by atoms with Crippen molar-refractivity contribution in [2.75, 3.05) is 19.6 Å². The van der Waals surface area contributed by atoms with Crippen LogP contribution in [0.3, 0.4) is 0 Å². The van der Waals surface area contributed by atoms with E-state index in [1.807, 2.05) is 12.1 Å². The molecule has 0 aromatic carbocycles. The quantitative estimate of drug-likeness (QED) is 0.414. The summed E-state index contributed by atoms with van der Waals surface area (Å²) in [4.78, 5) is 10.5. The highest BCUT2D eigenvalue weighted by atomic mass is 32.1. The lowest BCUT2D eigenvalue weighted by atomic mass is 10.3. The van der Waals surface area contributed by atoms with Crippen LogP contribution in [0.15, 0.2) is 27.8 Å². The van der Waals surface area contributed by atoms with Crippen LogP contribution < -0.4 is 10.6 Å². The first kappa shape index (κ1) is 18.5. The molecule has 2 N–H and O–H groups in total. The predicted molar refractivity (Wildman–Crippen MR) is 101 cm³/mol. The molecule has 0 radical (unpaired) electrons. The summed E-state index contributed by atoms with van der Waals surface area (Å²) in [5, 5.41) is 7.97. The number of hydrogen-bond donors (Lipinski definition) is 2. The smallest absolute Gasteiger partial charge is 0.191 e. The molecule has 2 aromatic heterocycles. The Balaban J connectivity index is 1.77. The number of furan rings is 1. The molecule has 0 aliphatic carbocycles. The zero-order valence-electron chi connectivity index (χ0n) is 14.9. The number of unbranched alkanes of at least 4 members (excludes halogenated alkanes) is 1. The molecule has 24 heavy (non-hydrogen) atoms. The van der Waals surface area contributed by atoms with Gasteiger partial charge in [0.15, 0.2) is 5.96 Å². The molecule has 0 aliphatic rings. The van der Waals surface area contributed by atoms with Crippen LogP contribution in [0, 0.1) is 13.8 Å². The van der Waals surface area contributed by atoms with Crippen molar-refractivity contribution >= 4 is 17.3 Å². The first-order chi connectivity index (χ1) is 11.7. The van der Waals surface area contributed by atoms with E-state index in [-0.39, 0.29) is 0 Å². The fourth-order valence-electron chi connectivity index (χ4n) is 2.22. The van der Waals surface area contributed by atoms with E-state index in [9.17, 15) is 0 Å². The van der Waals surface area contributed by atoms with Crippen LogP contribution in [0.4, 0.5) is 0 Å².